The van der Waals surface area contributed by atoms with Gasteiger partial charge in [-0.15, -0.1) is 0 Å². The number of fused-ring (bicyclic) bond motifs is 1. The predicted molar refractivity (Wildman–Crippen MR) is 94.6 cm³/mol. The fraction of sp³-hybridized carbons (Fsp3) is 0.529. The number of aromatic nitrogens is 3. The number of hydrogen-bond acceptors (Lipinski definition) is 6. The zero-order valence-corrected chi connectivity index (χ0v) is 15.2. The quantitative estimate of drug-likeness (QED) is 0.733. The molecule has 1 aliphatic rings. The van der Waals surface area contributed by atoms with Crippen LogP contribution in [0.4, 0.5) is 0 Å². The molecule has 1 unspecified atom stereocenters. The van der Waals surface area contributed by atoms with Crippen LogP contribution in [-0.4, -0.2) is 58.8 Å². The summed E-state index contributed by atoms with van der Waals surface area (Å²) in [5.74, 6) is 0.354. The summed E-state index contributed by atoms with van der Waals surface area (Å²) in [5, 5.41) is 4.36. The third kappa shape index (κ3) is 5.10. The number of sulfone groups is 1. The highest BCUT2D eigenvalue weighted by Crippen LogP contribution is 2.15. The smallest absolute Gasteiger partial charge is 0.151 e. The SMILES string of the molecule is CCS(=O)(=O)CCN1Cc2ccnn2CC(OCc2cccnc2)C1. The van der Waals surface area contributed by atoms with E-state index in [1.807, 2.05) is 22.9 Å². The van der Waals surface area contributed by atoms with E-state index in [9.17, 15) is 8.42 Å². The van der Waals surface area contributed by atoms with Gasteiger partial charge in [0, 0.05) is 44.0 Å². The second kappa shape index (κ2) is 8.07. The molecule has 0 fully saturated rings. The first-order valence-electron chi connectivity index (χ1n) is 8.49. The molecule has 0 radical (unpaired) electrons. The maximum Gasteiger partial charge on any atom is 0.151 e. The summed E-state index contributed by atoms with van der Waals surface area (Å²) in [6, 6.07) is 5.85. The van der Waals surface area contributed by atoms with Gasteiger partial charge in [0.05, 0.1) is 30.7 Å². The van der Waals surface area contributed by atoms with Gasteiger partial charge in [-0.2, -0.15) is 5.10 Å². The molecule has 2 aromatic rings. The average molecular weight is 364 g/mol. The largest absolute Gasteiger partial charge is 0.370 e. The number of nitrogens with zero attached hydrogens (tertiary/aromatic N) is 4. The Morgan fingerprint density at radius 3 is 2.92 bits per heavy atom. The van der Waals surface area contributed by atoms with Crippen LogP contribution in [0.5, 0.6) is 0 Å². The number of hydrogen-bond donors (Lipinski definition) is 0. The maximum atomic E-state index is 11.8. The molecule has 8 heteroatoms. The molecular formula is C17H24N4O3S. The highest BCUT2D eigenvalue weighted by atomic mass is 32.2. The highest BCUT2D eigenvalue weighted by molar-refractivity contribution is 7.91. The summed E-state index contributed by atoms with van der Waals surface area (Å²) in [6.07, 6.45) is 5.26. The van der Waals surface area contributed by atoms with E-state index in [0.717, 1.165) is 11.3 Å². The van der Waals surface area contributed by atoms with Crippen LogP contribution in [0.2, 0.25) is 0 Å². The van der Waals surface area contributed by atoms with Crippen molar-refractivity contribution in [1.82, 2.24) is 19.7 Å². The van der Waals surface area contributed by atoms with Crippen molar-refractivity contribution in [1.29, 1.82) is 0 Å². The molecule has 1 atom stereocenters. The van der Waals surface area contributed by atoms with Gasteiger partial charge in [-0.1, -0.05) is 13.0 Å². The van der Waals surface area contributed by atoms with Crippen molar-refractivity contribution >= 4 is 9.84 Å². The highest BCUT2D eigenvalue weighted by Gasteiger charge is 2.24. The van der Waals surface area contributed by atoms with Crippen molar-refractivity contribution in [3.8, 4) is 0 Å². The van der Waals surface area contributed by atoms with E-state index < -0.39 is 9.84 Å². The molecule has 0 aliphatic carbocycles. The van der Waals surface area contributed by atoms with Crippen molar-refractivity contribution in [3.63, 3.8) is 0 Å². The Bertz CT molecular complexity index is 776. The molecule has 0 N–H and O–H groups in total. The van der Waals surface area contributed by atoms with Crippen LogP contribution in [0.3, 0.4) is 0 Å². The van der Waals surface area contributed by atoms with Crippen molar-refractivity contribution in [2.75, 3.05) is 24.6 Å². The van der Waals surface area contributed by atoms with Gasteiger partial charge in [-0.05, 0) is 17.7 Å². The first-order valence-corrected chi connectivity index (χ1v) is 10.3. The second-order valence-corrected chi connectivity index (χ2v) is 8.74. The van der Waals surface area contributed by atoms with Crippen LogP contribution >= 0.6 is 0 Å². The zero-order valence-electron chi connectivity index (χ0n) is 14.4. The normalized spacial score (nSPS) is 18.7. The van der Waals surface area contributed by atoms with Gasteiger partial charge in [-0.3, -0.25) is 14.6 Å². The summed E-state index contributed by atoms with van der Waals surface area (Å²) in [6.45, 7) is 4.71. The minimum atomic E-state index is -2.98. The fourth-order valence-electron chi connectivity index (χ4n) is 2.88. The Morgan fingerprint density at radius 1 is 1.28 bits per heavy atom. The Labute approximate surface area is 148 Å². The van der Waals surface area contributed by atoms with E-state index in [1.54, 1.807) is 25.5 Å². The molecule has 0 spiro atoms. The molecule has 0 saturated carbocycles. The summed E-state index contributed by atoms with van der Waals surface area (Å²) < 4.78 is 31.7. The van der Waals surface area contributed by atoms with Gasteiger partial charge in [0.2, 0.25) is 0 Å². The number of ether oxygens (including phenoxy) is 1. The Morgan fingerprint density at radius 2 is 2.16 bits per heavy atom. The van der Waals surface area contributed by atoms with E-state index in [1.165, 1.54) is 0 Å². The van der Waals surface area contributed by atoms with Gasteiger partial charge in [0.25, 0.3) is 0 Å². The molecule has 3 heterocycles. The van der Waals surface area contributed by atoms with Gasteiger partial charge >= 0.3 is 0 Å². The Hall–Kier alpha value is -1.77. The van der Waals surface area contributed by atoms with Crippen LogP contribution in [0, 0.1) is 0 Å². The summed E-state index contributed by atoms with van der Waals surface area (Å²) >= 11 is 0. The van der Waals surface area contributed by atoms with Gasteiger partial charge in [0.15, 0.2) is 9.84 Å². The standard InChI is InChI=1S/C17H24N4O3S/c1-2-25(22,23)9-8-20-11-16-5-7-19-21(16)13-17(12-20)24-14-15-4-3-6-18-10-15/h3-7,10,17H,2,8-9,11-14H2,1H3. The van der Waals surface area contributed by atoms with E-state index in [0.29, 0.717) is 32.8 Å². The lowest BCUT2D eigenvalue weighted by Crippen LogP contribution is -2.36. The van der Waals surface area contributed by atoms with Crippen LogP contribution in [0.15, 0.2) is 36.8 Å². The van der Waals surface area contributed by atoms with E-state index in [-0.39, 0.29) is 17.6 Å². The monoisotopic (exact) mass is 364 g/mol. The minimum Gasteiger partial charge on any atom is -0.370 e. The number of rotatable bonds is 7. The molecular weight excluding hydrogens is 340 g/mol. The lowest BCUT2D eigenvalue weighted by Gasteiger charge is -2.24. The summed E-state index contributed by atoms with van der Waals surface area (Å²) in [5.41, 5.74) is 2.11. The third-order valence-corrected chi connectivity index (χ3v) is 6.08. The molecule has 7 nitrogen and oxygen atoms in total. The van der Waals surface area contributed by atoms with Crippen molar-refractivity contribution < 1.29 is 13.2 Å². The molecule has 0 aromatic carbocycles. The maximum absolute atomic E-state index is 11.8. The van der Waals surface area contributed by atoms with Crippen LogP contribution in [0.25, 0.3) is 0 Å². The van der Waals surface area contributed by atoms with E-state index >= 15 is 0 Å². The first kappa shape index (κ1) is 18.0. The van der Waals surface area contributed by atoms with Crippen LogP contribution < -0.4 is 0 Å². The molecule has 0 bridgehead atoms. The average Bonchev–Trinajstić information content (AvgIpc) is 2.98. The lowest BCUT2D eigenvalue weighted by molar-refractivity contribution is 0.00960. The molecule has 136 valence electrons. The summed E-state index contributed by atoms with van der Waals surface area (Å²) in [7, 11) is -2.98. The van der Waals surface area contributed by atoms with Gasteiger partial charge in [-0.25, -0.2) is 8.42 Å². The van der Waals surface area contributed by atoms with Crippen molar-refractivity contribution in [2.24, 2.45) is 0 Å². The minimum absolute atomic E-state index is 0.0503. The third-order valence-electron chi connectivity index (χ3n) is 4.40. The Kier molecular flexibility index (Phi) is 5.82. The fourth-order valence-corrected chi connectivity index (χ4v) is 3.70. The molecule has 1 aliphatic heterocycles. The second-order valence-electron chi connectivity index (χ2n) is 6.27. The van der Waals surface area contributed by atoms with Crippen LogP contribution in [-0.2, 0) is 34.3 Å². The van der Waals surface area contributed by atoms with E-state index in [4.69, 9.17) is 4.74 Å². The molecule has 0 saturated heterocycles. The van der Waals surface area contributed by atoms with Crippen molar-refractivity contribution in [2.45, 2.75) is 32.7 Å². The zero-order chi connectivity index (χ0) is 17.7. The van der Waals surface area contributed by atoms with Gasteiger partial charge in [0.1, 0.15) is 0 Å². The predicted octanol–water partition coefficient (Wildman–Crippen LogP) is 1.11. The van der Waals surface area contributed by atoms with Crippen LogP contribution in [0.1, 0.15) is 18.2 Å². The molecule has 2 aromatic heterocycles. The molecule has 25 heavy (non-hydrogen) atoms. The molecule has 0 amide bonds. The summed E-state index contributed by atoms with van der Waals surface area (Å²) in [4.78, 5) is 6.24. The number of pyridine rings is 1. The topological polar surface area (TPSA) is 77.3 Å². The lowest BCUT2D eigenvalue weighted by atomic mass is 10.3. The van der Waals surface area contributed by atoms with E-state index in [2.05, 4.69) is 15.0 Å². The molecule has 3 rings (SSSR count). The van der Waals surface area contributed by atoms with Gasteiger partial charge < -0.3 is 4.74 Å². The Balaban J connectivity index is 1.66. The first-order chi connectivity index (χ1) is 12.1. The van der Waals surface area contributed by atoms with Crippen molar-refractivity contribution in [3.05, 3.63) is 48.0 Å².